The van der Waals surface area contributed by atoms with Crippen molar-refractivity contribution in [2.45, 2.75) is 20.8 Å². The summed E-state index contributed by atoms with van der Waals surface area (Å²) in [6.45, 7) is 9.00. The van der Waals surface area contributed by atoms with Crippen LogP contribution in [-0.2, 0) is 39.6 Å². The van der Waals surface area contributed by atoms with Gasteiger partial charge in [0.2, 0.25) is 0 Å². The fourth-order valence-corrected chi connectivity index (χ4v) is 0. The quantitative estimate of drug-likeness (QED) is 0.601. The minimum Gasteiger partial charge on any atom is -0.358 e. The second-order valence-electron chi connectivity index (χ2n) is 0. The van der Waals surface area contributed by atoms with Crippen LogP contribution in [0.5, 0.6) is 0 Å². The molecular formula is C6H17VW-3. The summed E-state index contributed by atoms with van der Waals surface area (Å²) in [6, 6.07) is 0. The Morgan fingerprint density at radius 3 is 0.875 bits per heavy atom. The maximum absolute atomic E-state index is 3.25. The van der Waals surface area contributed by atoms with Crippen molar-refractivity contribution in [2.24, 2.45) is 0 Å². The van der Waals surface area contributed by atoms with Gasteiger partial charge >= 0.3 is 0 Å². The fraction of sp³-hybridized carbons (Fsp3) is 0.500. The standard InChI is InChI=1S/C2H6.C2H5.2CH3.V.W/c2*1-2;;;;/h1-2H3;1H2,2H3;2*1H3;;/q;3*-1;;. The first-order valence-electron chi connectivity index (χ1n) is 1.71. The van der Waals surface area contributed by atoms with Crippen molar-refractivity contribution in [2.75, 3.05) is 0 Å². The number of hydrogen-bond donors (Lipinski definition) is 0. The molecule has 0 rings (SSSR count). The first-order valence-corrected chi connectivity index (χ1v) is 1.71. The molecule has 0 aromatic rings. The summed E-state index contributed by atoms with van der Waals surface area (Å²) in [7, 11) is 0. The zero-order valence-corrected chi connectivity index (χ0v) is 10.9. The van der Waals surface area contributed by atoms with Crippen molar-refractivity contribution >= 4 is 0 Å². The summed E-state index contributed by atoms with van der Waals surface area (Å²) in [6.07, 6.45) is 0. The predicted octanol–water partition coefficient (Wildman–Crippen LogP) is 2.76. The number of rotatable bonds is 0. The van der Waals surface area contributed by atoms with E-state index in [1.165, 1.54) is 0 Å². The predicted molar refractivity (Wildman–Crippen MR) is 35.2 cm³/mol. The van der Waals surface area contributed by atoms with Gasteiger partial charge in [0.1, 0.15) is 0 Å². The SMILES string of the molecule is CC.[CH2-]C.[CH3-].[CH3-].[V].[W]. The third-order valence-corrected chi connectivity index (χ3v) is 0. The normalized spacial score (nSPS) is 1.50. The topological polar surface area (TPSA) is 0 Å². The minimum absolute atomic E-state index is 0. The Morgan fingerprint density at radius 2 is 0.875 bits per heavy atom. The van der Waals surface area contributed by atoms with Crippen LogP contribution in [-0.4, -0.2) is 0 Å². The molecule has 0 aromatic heterocycles. The monoisotopic (exact) mass is 324 g/mol. The van der Waals surface area contributed by atoms with Crippen molar-refractivity contribution < 1.29 is 39.6 Å². The van der Waals surface area contributed by atoms with Gasteiger partial charge in [-0.25, -0.2) is 0 Å². The van der Waals surface area contributed by atoms with Gasteiger partial charge in [-0.2, -0.15) is 6.92 Å². The molecular weight excluding hydrogens is 307 g/mol. The molecule has 0 aliphatic heterocycles. The average molecular weight is 324 g/mol. The van der Waals surface area contributed by atoms with E-state index in [0.29, 0.717) is 0 Å². The van der Waals surface area contributed by atoms with Crippen LogP contribution in [0.2, 0.25) is 0 Å². The van der Waals surface area contributed by atoms with Gasteiger partial charge in [0, 0.05) is 39.6 Å². The molecule has 55 valence electrons. The summed E-state index contributed by atoms with van der Waals surface area (Å²) in [4.78, 5) is 0. The minimum atomic E-state index is 0. The van der Waals surface area contributed by atoms with Crippen LogP contribution in [0.25, 0.3) is 0 Å². The molecule has 0 amide bonds. The molecule has 0 bridgehead atoms. The van der Waals surface area contributed by atoms with Gasteiger partial charge in [-0.05, 0) is 0 Å². The van der Waals surface area contributed by atoms with E-state index in [-0.39, 0.29) is 54.5 Å². The third kappa shape index (κ3) is 177. The first kappa shape index (κ1) is 59.2. The molecule has 8 heavy (non-hydrogen) atoms. The summed E-state index contributed by atoms with van der Waals surface area (Å²) in [5, 5.41) is 0. The second kappa shape index (κ2) is 270. The first-order chi connectivity index (χ1) is 2.00. The molecule has 0 nitrogen and oxygen atoms in total. The van der Waals surface area contributed by atoms with E-state index >= 15 is 0 Å². The molecule has 0 aliphatic rings. The van der Waals surface area contributed by atoms with Gasteiger partial charge in [0.25, 0.3) is 0 Å². The van der Waals surface area contributed by atoms with Crippen LogP contribution in [0.3, 0.4) is 0 Å². The van der Waals surface area contributed by atoms with E-state index in [4.69, 9.17) is 0 Å². The van der Waals surface area contributed by atoms with Crippen molar-refractivity contribution in [1.82, 2.24) is 0 Å². The molecule has 0 saturated carbocycles. The van der Waals surface area contributed by atoms with Gasteiger partial charge < -0.3 is 21.8 Å². The zero-order valence-electron chi connectivity index (χ0n) is 6.56. The van der Waals surface area contributed by atoms with E-state index in [1.54, 1.807) is 6.92 Å². The maximum atomic E-state index is 3.25. The van der Waals surface area contributed by atoms with Crippen molar-refractivity contribution in [3.8, 4) is 0 Å². The molecule has 0 saturated heterocycles. The van der Waals surface area contributed by atoms with E-state index in [1.807, 2.05) is 13.8 Å². The van der Waals surface area contributed by atoms with Crippen LogP contribution >= 0.6 is 0 Å². The summed E-state index contributed by atoms with van der Waals surface area (Å²) >= 11 is 0. The van der Waals surface area contributed by atoms with E-state index in [0.717, 1.165) is 0 Å². The van der Waals surface area contributed by atoms with Crippen LogP contribution in [0.4, 0.5) is 0 Å². The van der Waals surface area contributed by atoms with Crippen LogP contribution in [0, 0.1) is 21.8 Å². The maximum Gasteiger partial charge on any atom is 0 e. The summed E-state index contributed by atoms with van der Waals surface area (Å²) in [5.41, 5.74) is 0. The van der Waals surface area contributed by atoms with Gasteiger partial charge in [-0.3, -0.25) is 0 Å². The van der Waals surface area contributed by atoms with Gasteiger partial charge in [0.15, 0.2) is 0 Å². The van der Waals surface area contributed by atoms with Gasteiger partial charge in [-0.1, -0.05) is 13.8 Å². The Labute approximate surface area is 82.0 Å². The average Bonchev–Trinajstić information content (AvgIpc) is 1.50. The smallest absolute Gasteiger partial charge is 0 e. The number of hydrogen-bond acceptors (Lipinski definition) is 0. The molecule has 0 atom stereocenters. The van der Waals surface area contributed by atoms with Crippen LogP contribution in [0.15, 0.2) is 0 Å². The van der Waals surface area contributed by atoms with Crippen molar-refractivity contribution in [3.63, 3.8) is 0 Å². The molecule has 0 spiro atoms. The third-order valence-electron chi connectivity index (χ3n) is 0. The Bertz CT molecular complexity index is 8.49. The summed E-state index contributed by atoms with van der Waals surface area (Å²) < 4.78 is 0. The molecule has 0 N–H and O–H groups in total. The van der Waals surface area contributed by atoms with Gasteiger partial charge in [0.05, 0.1) is 0 Å². The molecule has 0 aliphatic carbocycles. The molecule has 0 heterocycles. The van der Waals surface area contributed by atoms with E-state index in [2.05, 4.69) is 6.92 Å². The van der Waals surface area contributed by atoms with Crippen LogP contribution in [0.1, 0.15) is 20.8 Å². The molecule has 0 unspecified atom stereocenters. The largest absolute Gasteiger partial charge is 0.358 e. The Balaban J connectivity index is -0.00000000167. The molecule has 2 heteroatoms. The zero-order chi connectivity index (χ0) is 4.00. The fourth-order valence-electron chi connectivity index (χ4n) is 0. The molecule has 0 aromatic carbocycles. The van der Waals surface area contributed by atoms with E-state index < -0.39 is 0 Å². The Morgan fingerprint density at radius 1 is 0.875 bits per heavy atom. The van der Waals surface area contributed by atoms with Gasteiger partial charge in [-0.15, -0.1) is 0 Å². The van der Waals surface area contributed by atoms with E-state index in [9.17, 15) is 0 Å². The van der Waals surface area contributed by atoms with Crippen molar-refractivity contribution in [1.29, 1.82) is 0 Å². The van der Waals surface area contributed by atoms with Crippen LogP contribution < -0.4 is 0 Å². The summed E-state index contributed by atoms with van der Waals surface area (Å²) in [5.74, 6) is 0. The Kier molecular flexibility index (Phi) is 2000. The molecule has 0 fully saturated rings. The molecule has 1 radical (unpaired) electrons. The van der Waals surface area contributed by atoms with Crippen molar-refractivity contribution in [3.05, 3.63) is 21.8 Å². The second-order valence-corrected chi connectivity index (χ2v) is 0. The Hall–Kier alpha value is 1.27.